The molecule has 0 aliphatic heterocycles. The second kappa shape index (κ2) is 9.79. The third-order valence-electron chi connectivity index (χ3n) is 3.94. The predicted molar refractivity (Wildman–Crippen MR) is 122 cm³/mol. The van der Waals surface area contributed by atoms with E-state index in [-0.39, 0.29) is 6.03 Å². The molecule has 0 bridgehead atoms. The summed E-state index contributed by atoms with van der Waals surface area (Å²) in [6.45, 7) is 4.67. The Morgan fingerprint density at radius 3 is 2.34 bits per heavy atom. The highest BCUT2D eigenvalue weighted by Gasteiger charge is 2.05. The number of aryl methyl sites for hydroxylation is 1. The first-order chi connectivity index (χ1) is 14.1. The van der Waals surface area contributed by atoms with E-state index in [1.54, 1.807) is 11.8 Å². The van der Waals surface area contributed by atoms with E-state index in [4.69, 9.17) is 0 Å². The van der Waals surface area contributed by atoms with Crippen LogP contribution in [0.3, 0.4) is 0 Å². The minimum atomic E-state index is -0.286. The van der Waals surface area contributed by atoms with Crippen LogP contribution in [0.1, 0.15) is 12.7 Å². The van der Waals surface area contributed by atoms with Crippen molar-refractivity contribution in [2.75, 3.05) is 34.1 Å². The summed E-state index contributed by atoms with van der Waals surface area (Å²) in [5.41, 5.74) is 2.31. The fourth-order valence-electron chi connectivity index (χ4n) is 2.68. The third kappa shape index (κ3) is 6.11. The van der Waals surface area contributed by atoms with E-state index in [2.05, 4.69) is 31.2 Å². The molecule has 3 rings (SSSR count). The van der Waals surface area contributed by atoms with Crippen molar-refractivity contribution in [1.82, 2.24) is 9.97 Å². The summed E-state index contributed by atoms with van der Waals surface area (Å²) in [7, 11) is 0. The van der Waals surface area contributed by atoms with Crippen molar-refractivity contribution in [2.24, 2.45) is 0 Å². The van der Waals surface area contributed by atoms with Gasteiger partial charge in [-0.2, -0.15) is 0 Å². The SMILES string of the molecule is CCNc1cc(Nc2ccc(NC(=O)Nc3cccc(SC)c3)cc2)nc(C)n1. The first-order valence-corrected chi connectivity index (χ1v) is 10.5. The van der Waals surface area contributed by atoms with Crippen molar-refractivity contribution in [3.05, 3.63) is 60.4 Å². The molecule has 1 aromatic heterocycles. The van der Waals surface area contributed by atoms with Crippen LogP contribution >= 0.6 is 11.8 Å². The number of anilines is 5. The van der Waals surface area contributed by atoms with E-state index in [1.807, 2.05) is 74.7 Å². The Morgan fingerprint density at radius 1 is 0.931 bits per heavy atom. The molecule has 0 radical (unpaired) electrons. The summed E-state index contributed by atoms with van der Waals surface area (Å²) in [5.74, 6) is 2.18. The van der Waals surface area contributed by atoms with E-state index in [0.29, 0.717) is 17.3 Å². The Labute approximate surface area is 174 Å². The predicted octanol–water partition coefficient (Wildman–Crippen LogP) is 5.33. The number of benzene rings is 2. The number of aromatic nitrogens is 2. The summed E-state index contributed by atoms with van der Waals surface area (Å²) < 4.78 is 0. The maximum Gasteiger partial charge on any atom is 0.323 e. The molecule has 0 saturated carbocycles. The fraction of sp³-hybridized carbons (Fsp3) is 0.190. The van der Waals surface area contributed by atoms with Gasteiger partial charge >= 0.3 is 6.03 Å². The van der Waals surface area contributed by atoms with Gasteiger partial charge in [-0.15, -0.1) is 11.8 Å². The first-order valence-electron chi connectivity index (χ1n) is 9.24. The van der Waals surface area contributed by atoms with Crippen LogP contribution in [0.4, 0.5) is 33.5 Å². The molecule has 0 aliphatic rings. The average Bonchev–Trinajstić information content (AvgIpc) is 2.69. The Bertz CT molecular complexity index is 977. The van der Waals surface area contributed by atoms with Gasteiger partial charge in [-0.1, -0.05) is 6.07 Å². The lowest BCUT2D eigenvalue weighted by atomic mass is 10.2. The smallest absolute Gasteiger partial charge is 0.323 e. The molecular formula is C21H24N6OS. The van der Waals surface area contributed by atoms with Crippen molar-refractivity contribution in [3.8, 4) is 0 Å². The van der Waals surface area contributed by atoms with Gasteiger partial charge in [-0.3, -0.25) is 0 Å². The summed E-state index contributed by atoms with van der Waals surface area (Å²) in [6.07, 6.45) is 2.00. The quantitative estimate of drug-likeness (QED) is 0.395. The number of carbonyl (C=O) groups is 1. The zero-order chi connectivity index (χ0) is 20.6. The van der Waals surface area contributed by atoms with Crippen LogP contribution in [0.2, 0.25) is 0 Å². The third-order valence-corrected chi connectivity index (χ3v) is 4.66. The largest absolute Gasteiger partial charge is 0.370 e. The van der Waals surface area contributed by atoms with E-state index < -0.39 is 0 Å². The average molecular weight is 409 g/mol. The number of carbonyl (C=O) groups excluding carboxylic acids is 1. The lowest BCUT2D eigenvalue weighted by Crippen LogP contribution is -2.19. The van der Waals surface area contributed by atoms with Crippen LogP contribution in [0, 0.1) is 6.92 Å². The maximum atomic E-state index is 12.2. The molecule has 1 heterocycles. The zero-order valence-electron chi connectivity index (χ0n) is 16.6. The number of hydrogen-bond acceptors (Lipinski definition) is 6. The number of urea groups is 1. The summed E-state index contributed by atoms with van der Waals surface area (Å²) >= 11 is 1.63. The summed E-state index contributed by atoms with van der Waals surface area (Å²) in [6, 6.07) is 16.7. The van der Waals surface area contributed by atoms with E-state index in [1.165, 1.54) is 0 Å². The molecule has 2 aromatic carbocycles. The Balaban J connectivity index is 1.60. The number of rotatable bonds is 7. The number of thioether (sulfide) groups is 1. The summed E-state index contributed by atoms with van der Waals surface area (Å²) in [4.78, 5) is 22.1. The van der Waals surface area contributed by atoms with Gasteiger partial charge in [0.05, 0.1) is 0 Å². The van der Waals surface area contributed by atoms with Crippen LogP contribution in [0.5, 0.6) is 0 Å². The molecule has 4 N–H and O–H groups in total. The van der Waals surface area contributed by atoms with E-state index in [0.717, 1.165) is 28.6 Å². The van der Waals surface area contributed by atoms with Crippen LogP contribution in [0.15, 0.2) is 59.5 Å². The van der Waals surface area contributed by atoms with Gasteiger partial charge in [0.2, 0.25) is 0 Å². The van der Waals surface area contributed by atoms with E-state index >= 15 is 0 Å². The van der Waals surface area contributed by atoms with Gasteiger partial charge in [0.15, 0.2) is 0 Å². The van der Waals surface area contributed by atoms with Crippen LogP contribution in [-0.4, -0.2) is 28.8 Å². The number of nitrogens with one attached hydrogen (secondary N) is 4. The number of amides is 2. The molecule has 0 atom stereocenters. The van der Waals surface area contributed by atoms with Gasteiger partial charge in [0, 0.05) is 34.6 Å². The van der Waals surface area contributed by atoms with Gasteiger partial charge < -0.3 is 21.3 Å². The molecular weight excluding hydrogens is 384 g/mol. The van der Waals surface area contributed by atoms with Gasteiger partial charge in [0.25, 0.3) is 0 Å². The Morgan fingerprint density at radius 2 is 1.62 bits per heavy atom. The zero-order valence-corrected chi connectivity index (χ0v) is 17.4. The highest BCUT2D eigenvalue weighted by atomic mass is 32.2. The van der Waals surface area contributed by atoms with Gasteiger partial charge in [-0.05, 0) is 62.6 Å². The minimum absolute atomic E-state index is 0.286. The van der Waals surface area contributed by atoms with Crippen molar-refractivity contribution < 1.29 is 4.79 Å². The van der Waals surface area contributed by atoms with Crippen molar-refractivity contribution in [3.63, 3.8) is 0 Å². The Kier molecular flexibility index (Phi) is 6.91. The van der Waals surface area contributed by atoms with Crippen molar-refractivity contribution in [1.29, 1.82) is 0 Å². The summed E-state index contributed by atoms with van der Waals surface area (Å²) in [5, 5.41) is 12.1. The molecule has 8 heteroatoms. The second-order valence-electron chi connectivity index (χ2n) is 6.23. The molecule has 0 aliphatic carbocycles. The normalized spacial score (nSPS) is 10.3. The molecule has 0 fully saturated rings. The molecule has 150 valence electrons. The molecule has 0 spiro atoms. The second-order valence-corrected chi connectivity index (χ2v) is 7.11. The lowest BCUT2D eigenvalue weighted by Gasteiger charge is -2.11. The number of hydrogen-bond donors (Lipinski definition) is 4. The lowest BCUT2D eigenvalue weighted by molar-refractivity contribution is 0.262. The molecule has 3 aromatic rings. The topological polar surface area (TPSA) is 91.0 Å². The van der Waals surface area contributed by atoms with E-state index in [9.17, 15) is 4.79 Å². The monoisotopic (exact) mass is 408 g/mol. The highest BCUT2D eigenvalue weighted by molar-refractivity contribution is 7.98. The van der Waals surface area contributed by atoms with Crippen LogP contribution in [0.25, 0.3) is 0 Å². The number of nitrogens with zero attached hydrogens (tertiary/aromatic N) is 2. The molecule has 0 saturated heterocycles. The van der Waals surface area contributed by atoms with Crippen LogP contribution in [-0.2, 0) is 0 Å². The van der Waals surface area contributed by atoms with Crippen molar-refractivity contribution in [2.45, 2.75) is 18.7 Å². The first kappa shape index (κ1) is 20.5. The molecule has 2 amide bonds. The fourth-order valence-corrected chi connectivity index (χ4v) is 3.14. The van der Waals surface area contributed by atoms with Crippen LogP contribution < -0.4 is 21.3 Å². The molecule has 29 heavy (non-hydrogen) atoms. The molecule has 0 unspecified atom stereocenters. The van der Waals surface area contributed by atoms with Gasteiger partial charge in [-0.25, -0.2) is 14.8 Å². The highest BCUT2D eigenvalue weighted by Crippen LogP contribution is 2.21. The Hall–Kier alpha value is -3.26. The minimum Gasteiger partial charge on any atom is -0.370 e. The standard InChI is InChI=1S/C21H24N6OS/c1-4-22-19-13-20(24-14(2)23-19)25-15-8-10-16(11-9-15)26-21(28)27-17-6-5-7-18(12-17)29-3/h5-13H,4H2,1-3H3,(H2,26,27,28)(H2,22,23,24,25). The van der Waals surface area contributed by atoms with Gasteiger partial charge in [0.1, 0.15) is 17.5 Å². The van der Waals surface area contributed by atoms with Crippen molar-refractivity contribution >= 4 is 46.5 Å². The maximum absolute atomic E-state index is 12.2. The molecule has 7 nitrogen and oxygen atoms in total.